The fraction of sp³-hybridized carbons (Fsp3) is 0.310. The van der Waals surface area contributed by atoms with Crippen molar-refractivity contribution >= 4 is 34.4 Å². The van der Waals surface area contributed by atoms with Crippen molar-refractivity contribution in [1.29, 1.82) is 0 Å². The molecule has 0 unspecified atom stereocenters. The maximum atomic E-state index is 6.52. The SMILES string of the molecule is COc1cc(Cl)c(Oc2cc(NCc3nc4ccccc4[nH]3)nc(N3CCN(CCn4ccnc4)CC3)n2)cc1OC. The second kappa shape index (κ2) is 12.5. The van der Waals surface area contributed by atoms with E-state index in [0.29, 0.717) is 46.5 Å². The van der Waals surface area contributed by atoms with Crippen LogP contribution in [0.25, 0.3) is 11.0 Å². The first-order valence-electron chi connectivity index (χ1n) is 13.7. The van der Waals surface area contributed by atoms with E-state index >= 15 is 0 Å². The van der Waals surface area contributed by atoms with Crippen molar-refractivity contribution in [2.75, 3.05) is 57.2 Å². The molecule has 0 spiro atoms. The van der Waals surface area contributed by atoms with Crippen LogP contribution in [0.3, 0.4) is 0 Å². The van der Waals surface area contributed by atoms with Gasteiger partial charge in [0.15, 0.2) is 17.2 Å². The summed E-state index contributed by atoms with van der Waals surface area (Å²) >= 11 is 6.52. The van der Waals surface area contributed by atoms with Crippen molar-refractivity contribution in [2.45, 2.75) is 13.1 Å². The van der Waals surface area contributed by atoms with Crippen molar-refractivity contribution in [3.63, 3.8) is 0 Å². The number of nitrogens with zero attached hydrogens (tertiary/aromatic N) is 7. The molecular weight excluding hydrogens is 558 g/mol. The zero-order chi connectivity index (χ0) is 28.9. The number of para-hydroxylation sites is 2. The lowest BCUT2D eigenvalue weighted by Gasteiger charge is -2.34. The topological polar surface area (TPSA) is 118 Å². The van der Waals surface area contributed by atoms with Gasteiger partial charge in [-0.1, -0.05) is 23.7 Å². The number of methoxy groups -OCH3 is 2. The normalized spacial score (nSPS) is 13.8. The lowest BCUT2D eigenvalue weighted by Crippen LogP contribution is -2.47. The summed E-state index contributed by atoms with van der Waals surface area (Å²) in [6, 6.07) is 13.0. The molecule has 0 radical (unpaired) electrons. The molecule has 12 nitrogen and oxygen atoms in total. The predicted molar refractivity (Wildman–Crippen MR) is 161 cm³/mol. The summed E-state index contributed by atoms with van der Waals surface area (Å²) in [5.74, 6) is 3.74. The van der Waals surface area contributed by atoms with Crippen LogP contribution < -0.4 is 24.4 Å². The van der Waals surface area contributed by atoms with Crippen LogP contribution in [0.1, 0.15) is 5.82 Å². The van der Waals surface area contributed by atoms with Crippen LogP contribution in [0.15, 0.2) is 61.2 Å². The lowest BCUT2D eigenvalue weighted by molar-refractivity contribution is 0.247. The average molecular weight is 590 g/mol. The molecule has 42 heavy (non-hydrogen) atoms. The quantitative estimate of drug-likeness (QED) is 0.229. The minimum atomic E-state index is 0.351. The van der Waals surface area contributed by atoms with Gasteiger partial charge in [-0.2, -0.15) is 9.97 Å². The van der Waals surface area contributed by atoms with E-state index in [0.717, 1.165) is 56.1 Å². The number of fused-ring (bicyclic) bond motifs is 1. The Morgan fingerprint density at radius 1 is 0.929 bits per heavy atom. The predicted octanol–water partition coefficient (Wildman–Crippen LogP) is 4.45. The van der Waals surface area contributed by atoms with Gasteiger partial charge in [0, 0.05) is 69.9 Å². The Morgan fingerprint density at radius 3 is 2.50 bits per heavy atom. The molecule has 0 amide bonds. The molecule has 2 N–H and O–H groups in total. The zero-order valence-electron chi connectivity index (χ0n) is 23.5. The smallest absolute Gasteiger partial charge is 0.230 e. The minimum absolute atomic E-state index is 0.351. The standard InChI is InChI=1S/C29H32ClN9O3/c1-40-24-15-20(30)23(16-25(24)41-2)42-28-17-26(32-18-27-33-21-5-3-4-6-22(21)34-27)35-29(36-28)39-13-11-37(12-14-39)9-10-38-8-7-31-19-38/h3-8,15-17,19H,9-14,18H2,1-2H3,(H,33,34)(H,32,35,36). The zero-order valence-corrected chi connectivity index (χ0v) is 24.2. The molecule has 1 aliphatic rings. The van der Waals surface area contributed by atoms with Crippen molar-refractivity contribution in [3.8, 4) is 23.1 Å². The van der Waals surface area contributed by atoms with Crippen molar-refractivity contribution < 1.29 is 14.2 Å². The highest BCUT2D eigenvalue weighted by Gasteiger charge is 2.21. The van der Waals surface area contributed by atoms with E-state index in [1.54, 1.807) is 38.6 Å². The summed E-state index contributed by atoms with van der Waals surface area (Å²) in [5.41, 5.74) is 1.89. The number of H-pyrrole nitrogens is 1. The second-order valence-electron chi connectivity index (χ2n) is 9.81. The van der Waals surface area contributed by atoms with E-state index < -0.39 is 0 Å². The van der Waals surface area contributed by atoms with E-state index in [1.165, 1.54) is 0 Å². The number of aromatic amines is 1. The van der Waals surface area contributed by atoms with Gasteiger partial charge in [-0.05, 0) is 12.1 Å². The molecule has 218 valence electrons. The van der Waals surface area contributed by atoms with Gasteiger partial charge >= 0.3 is 0 Å². The third-order valence-corrected chi connectivity index (χ3v) is 7.40. The molecule has 4 heterocycles. The Bertz CT molecular complexity index is 1600. The van der Waals surface area contributed by atoms with Crippen molar-refractivity contribution in [2.24, 2.45) is 0 Å². The number of benzene rings is 2. The van der Waals surface area contributed by atoms with E-state index in [9.17, 15) is 0 Å². The molecule has 6 rings (SSSR count). The molecule has 1 fully saturated rings. The van der Waals surface area contributed by atoms with Crippen LogP contribution in [-0.4, -0.2) is 81.3 Å². The van der Waals surface area contributed by atoms with Gasteiger partial charge in [0.05, 0.1) is 43.1 Å². The number of rotatable bonds is 11. The summed E-state index contributed by atoms with van der Waals surface area (Å²) in [5, 5.41) is 3.75. The van der Waals surface area contributed by atoms with Gasteiger partial charge in [-0.25, -0.2) is 9.97 Å². The molecule has 5 aromatic rings. The Hall–Kier alpha value is -4.55. The summed E-state index contributed by atoms with van der Waals surface area (Å²) in [6.07, 6.45) is 5.64. The molecule has 2 aromatic carbocycles. The van der Waals surface area contributed by atoms with Gasteiger partial charge in [0.1, 0.15) is 11.6 Å². The number of hydrogen-bond donors (Lipinski definition) is 2. The first-order valence-corrected chi connectivity index (χ1v) is 14.0. The Labute approximate surface area is 248 Å². The second-order valence-corrected chi connectivity index (χ2v) is 10.2. The molecule has 0 atom stereocenters. The van der Waals surface area contributed by atoms with E-state index in [2.05, 4.69) is 34.6 Å². The number of imidazole rings is 2. The van der Waals surface area contributed by atoms with Crippen molar-refractivity contribution in [3.05, 3.63) is 72.0 Å². The van der Waals surface area contributed by atoms with Crippen LogP contribution in [0.4, 0.5) is 11.8 Å². The Morgan fingerprint density at radius 2 is 1.74 bits per heavy atom. The minimum Gasteiger partial charge on any atom is -0.493 e. The monoisotopic (exact) mass is 589 g/mol. The van der Waals surface area contributed by atoms with Gasteiger partial charge in [0.2, 0.25) is 11.8 Å². The number of anilines is 2. The van der Waals surface area contributed by atoms with Gasteiger partial charge in [0.25, 0.3) is 0 Å². The Kier molecular flexibility index (Phi) is 8.24. The molecule has 0 saturated carbocycles. The molecule has 1 aliphatic heterocycles. The summed E-state index contributed by atoms with van der Waals surface area (Å²) in [7, 11) is 3.12. The fourth-order valence-electron chi connectivity index (χ4n) is 4.83. The third-order valence-electron chi connectivity index (χ3n) is 7.11. The number of nitrogens with one attached hydrogen (secondary N) is 2. The van der Waals surface area contributed by atoms with Crippen LogP contribution in [0.5, 0.6) is 23.1 Å². The van der Waals surface area contributed by atoms with Crippen LogP contribution in [0, 0.1) is 0 Å². The molecule has 1 saturated heterocycles. The highest BCUT2D eigenvalue weighted by molar-refractivity contribution is 6.32. The van der Waals surface area contributed by atoms with E-state index in [4.69, 9.17) is 35.8 Å². The number of ether oxygens (including phenoxy) is 3. The molecular formula is C29H32ClN9O3. The first kappa shape index (κ1) is 27.6. The highest BCUT2D eigenvalue weighted by Crippen LogP contribution is 2.39. The molecule has 0 aliphatic carbocycles. The van der Waals surface area contributed by atoms with Gasteiger partial charge < -0.3 is 34.0 Å². The van der Waals surface area contributed by atoms with Crippen LogP contribution in [-0.2, 0) is 13.1 Å². The van der Waals surface area contributed by atoms with Crippen LogP contribution in [0.2, 0.25) is 5.02 Å². The molecule has 13 heteroatoms. The fourth-order valence-corrected chi connectivity index (χ4v) is 5.03. The summed E-state index contributed by atoms with van der Waals surface area (Å²) in [4.78, 5) is 26.3. The molecule has 0 bridgehead atoms. The maximum absolute atomic E-state index is 6.52. The largest absolute Gasteiger partial charge is 0.493 e. The number of aromatic nitrogens is 6. The molecule has 3 aromatic heterocycles. The highest BCUT2D eigenvalue weighted by atomic mass is 35.5. The van der Waals surface area contributed by atoms with Crippen molar-refractivity contribution in [1.82, 2.24) is 34.4 Å². The summed E-state index contributed by atoms with van der Waals surface area (Å²) in [6.45, 7) is 5.67. The first-order chi connectivity index (χ1) is 20.6. The summed E-state index contributed by atoms with van der Waals surface area (Å²) < 4.78 is 19.1. The van der Waals surface area contributed by atoms with Gasteiger partial charge in [-0.15, -0.1) is 0 Å². The number of piperazine rings is 1. The van der Waals surface area contributed by atoms with Gasteiger partial charge in [-0.3, -0.25) is 4.90 Å². The average Bonchev–Trinajstić information content (AvgIpc) is 3.70. The Balaban J connectivity index is 1.21. The van der Waals surface area contributed by atoms with E-state index in [1.807, 2.05) is 36.8 Å². The lowest BCUT2D eigenvalue weighted by atomic mass is 10.3. The third kappa shape index (κ3) is 6.34. The number of halogens is 1. The number of hydrogen-bond acceptors (Lipinski definition) is 10. The van der Waals surface area contributed by atoms with E-state index in [-0.39, 0.29) is 0 Å². The maximum Gasteiger partial charge on any atom is 0.230 e. The van der Waals surface area contributed by atoms with Crippen LogP contribution >= 0.6 is 11.6 Å².